The van der Waals surface area contributed by atoms with Gasteiger partial charge in [0.25, 0.3) is 0 Å². The molecule has 1 aromatic heterocycles. The summed E-state index contributed by atoms with van der Waals surface area (Å²) in [5.41, 5.74) is 2.44. The van der Waals surface area contributed by atoms with Gasteiger partial charge in [0.2, 0.25) is 5.88 Å². The van der Waals surface area contributed by atoms with Gasteiger partial charge in [0.15, 0.2) is 0 Å². The van der Waals surface area contributed by atoms with Crippen LogP contribution in [0.3, 0.4) is 0 Å². The minimum absolute atomic E-state index is 0.562. The summed E-state index contributed by atoms with van der Waals surface area (Å²) in [7, 11) is 1.58. The van der Waals surface area contributed by atoms with Crippen LogP contribution in [0.15, 0.2) is 42.5 Å². The van der Waals surface area contributed by atoms with Crippen LogP contribution in [0, 0.1) is 6.92 Å². The van der Waals surface area contributed by atoms with E-state index in [9.17, 15) is 5.11 Å². The van der Waals surface area contributed by atoms with Gasteiger partial charge in [0.05, 0.1) is 7.11 Å². The van der Waals surface area contributed by atoms with E-state index in [1.54, 1.807) is 13.2 Å². The molecule has 1 heterocycles. The first-order valence-electron chi connectivity index (χ1n) is 5.47. The molecule has 0 saturated heterocycles. The van der Waals surface area contributed by atoms with Gasteiger partial charge in [-0.15, -0.1) is 0 Å². The van der Waals surface area contributed by atoms with Crippen molar-refractivity contribution in [3.63, 3.8) is 0 Å². The molecule has 1 aromatic carbocycles. The van der Waals surface area contributed by atoms with Gasteiger partial charge in [-0.3, -0.25) is 0 Å². The SMILES string of the molecule is COc1ccc([C@@H](O)c2ccccc2)c(C)n1. The van der Waals surface area contributed by atoms with E-state index in [0.29, 0.717) is 5.88 Å². The highest BCUT2D eigenvalue weighted by atomic mass is 16.5. The molecule has 0 radical (unpaired) electrons. The highest BCUT2D eigenvalue weighted by Crippen LogP contribution is 2.25. The summed E-state index contributed by atoms with van der Waals surface area (Å²) in [5.74, 6) is 0.562. The van der Waals surface area contributed by atoms with Crippen LogP contribution in [0.25, 0.3) is 0 Å². The fourth-order valence-corrected chi connectivity index (χ4v) is 1.77. The van der Waals surface area contributed by atoms with Gasteiger partial charge in [-0.1, -0.05) is 30.3 Å². The summed E-state index contributed by atoms with van der Waals surface area (Å²) >= 11 is 0. The van der Waals surface area contributed by atoms with Crippen LogP contribution in [-0.2, 0) is 0 Å². The third-order valence-electron chi connectivity index (χ3n) is 2.72. The number of benzene rings is 1. The Labute approximate surface area is 101 Å². The van der Waals surface area contributed by atoms with Crippen LogP contribution in [0.1, 0.15) is 22.9 Å². The second-order valence-corrected chi connectivity index (χ2v) is 3.84. The molecule has 3 heteroatoms. The van der Waals surface area contributed by atoms with E-state index in [1.165, 1.54) is 0 Å². The first-order valence-corrected chi connectivity index (χ1v) is 5.47. The maximum Gasteiger partial charge on any atom is 0.213 e. The molecular formula is C14H15NO2. The molecular weight excluding hydrogens is 214 g/mol. The minimum atomic E-state index is -0.644. The molecule has 0 spiro atoms. The Morgan fingerprint density at radius 1 is 1.12 bits per heavy atom. The quantitative estimate of drug-likeness (QED) is 0.879. The molecule has 3 nitrogen and oxygen atoms in total. The number of aryl methyl sites for hydroxylation is 1. The zero-order chi connectivity index (χ0) is 12.3. The molecule has 88 valence electrons. The van der Waals surface area contributed by atoms with Gasteiger partial charge in [0.1, 0.15) is 6.10 Å². The molecule has 0 bridgehead atoms. The van der Waals surface area contributed by atoms with Crippen molar-refractivity contribution in [2.24, 2.45) is 0 Å². The molecule has 17 heavy (non-hydrogen) atoms. The molecule has 0 fully saturated rings. The summed E-state index contributed by atoms with van der Waals surface area (Å²) < 4.78 is 5.04. The number of hydrogen-bond acceptors (Lipinski definition) is 3. The number of hydrogen-bond donors (Lipinski definition) is 1. The molecule has 2 rings (SSSR count). The average Bonchev–Trinajstić information content (AvgIpc) is 2.39. The van der Waals surface area contributed by atoms with Gasteiger partial charge in [-0.2, -0.15) is 0 Å². The van der Waals surface area contributed by atoms with Crippen molar-refractivity contribution in [1.82, 2.24) is 4.98 Å². The molecule has 1 N–H and O–H groups in total. The monoisotopic (exact) mass is 229 g/mol. The lowest BCUT2D eigenvalue weighted by Gasteiger charge is -2.14. The predicted molar refractivity (Wildman–Crippen MR) is 66.0 cm³/mol. The van der Waals surface area contributed by atoms with E-state index < -0.39 is 6.10 Å². The van der Waals surface area contributed by atoms with E-state index in [4.69, 9.17) is 4.74 Å². The fraction of sp³-hybridized carbons (Fsp3) is 0.214. The maximum atomic E-state index is 10.3. The second-order valence-electron chi connectivity index (χ2n) is 3.84. The predicted octanol–water partition coefficient (Wildman–Crippen LogP) is 2.48. The molecule has 0 unspecified atom stereocenters. The molecule has 0 aliphatic carbocycles. The summed E-state index contributed by atoms with van der Waals surface area (Å²) in [5, 5.41) is 10.3. The number of ether oxygens (including phenoxy) is 1. The van der Waals surface area contributed by atoms with E-state index in [-0.39, 0.29) is 0 Å². The zero-order valence-electron chi connectivity index (χ0n) is 9.92. The van der Waals surface area contributed by atoms with Gasteiger partial charge in [-0.05, 0) is 18.6 Å². The molecule has 1 atom stereocenters. The van der Waals surface area contributed by atoms with Gasteiger partial charge < -0.3 is 9.84 Å². The van der Waals surface area contributed by atoms with Gasteiger partial charge in [-0.25, -0.2) is 4.98 Å². The largest absolute Gasteiger partial charge is 0.481 e. The number of aliphatic hydroxyl groups is 1. The van der Waals surface area contributed by atoms with Crippen LogP contribution in [0.4, 0.5) is 0 Å². The Bertz CT molecular complexity index is 497. The van der Waals surface area contributed by atoms with Crippen LogP contribution in [-0.4, -0.2) is 17.2 Å². The normalized spacial score (nSPS) is 12.2. The lowest BCUT2D eigenvalue weighted by molar-refractivity contribution is 0.218. The van der Waals surface area contributed by atoms with E-state index in [1.807, 2.05) is 43.3 Å². The van der Waals surface area contributed by atoms with E-state index in [2.05, 4.69) is 4.98 Å². The lowest BCUT2D eigenvalue weighted by atomic mass is 10.0. The zero-order valence-corrected chi connectivity index (χ0v) is 9.92. The number of aromatic nitrogens is 1. The van der Waals surface area contributed by atoms with Crippen molar-refractivity contribution in [3.05, 3.63) is 59.3 Å². The van der Waals surface area contributed by atoms with Crippen molar-refractivity contribution in [1.29, 1.82) is 0 Å². The Morgan fingerprint density at radius 2 is 1.82 bits per heavy atom. The molecule has 0 aliphatic heterocycles. The third-order valence-corrected chi connectivity index (χ3v) is 2.72. The van der Waals surface area contributed by atoms with E-state index >= 15 is 0 Å². The van der Waals surface area contributed by atoms with Crippen LogP contribution < -0.4 is 4.74 Å². The number of methoxy groups -OCH3 is 1. The average molecular weight is 229 g/mol. The maximum absolute atomic E-state index is 10.3. The minimum Gasteiger partial charge on any atom is -0.481 e. The molecule has 2 aromatic rings. The number of aliphatic hydroxyl groups excluding tert-OH is 1. The third kappa shape index (κ3) is 2.45. The topological polar surface area (TPSA) is 42.4 Å². The highest BCUT2D eigenvalue weighted by molar-refractivity contribution is 5.34. The summed E-state index contributed by atoms with van der Waals surface area (Å²) in [6, 6.07) is 13.1. The van der Waals surface area contributed by atoms with Crippen LogP contribution >= 0.6 is 0 Å². The van der Waals surface area contributed by atoms with Crippen LogP contribution in [0.2, 0.25) is 0 Å². The fourth-order valence-electron chi connectivity index (χ4n) is 1.77. The second kappa shape index (κ2) is 4.97. The summed E-state index contributed by atoms with van der Waals surface area (Å²) in [4.78, 5) is 4.26. The standard InChI is InChI=1S/C14H15NO2/c1-10-12(8-9-13(15-10)17-2)14(16)11-6-4-3-5-7-11/h3-9,14,16H,1-2H3/t14-/m0/s1. The highest BCUT2D eigenvalue weighted by Gasteiger charge is 2.13. The molecule has 0 amide bonds. The first-order chi connectivity index (χ1) is 8.22. The molecule has 0 saturated carbocycles. The summed E-state index contributed by atoms with van der Waals surface area (Å²) in [6.45, 7) is 1.87. The Kier molecular flexibility index (Phi) is 3.40. The lowest BCUT2D eigenvalue weighted by Crippen LogP contribution is -2.04. The van der Waals surface area contributed by atoms with Crippen molar-refractivity contribution < 1.29 is 9.84 Å². The van der Waals surface area contributed by atoms with Crippen molar-refractivity contribution in [2.75, 3.05) is 7.11 Å². The van der Waals surface area contributed by atoms with Crippen molar-refractivity contribution in [2.45, 2.75) is 13.0 Å². The number of rotatable bonds is 3. The smallest absolute Gasteiger partial charge is 0.213 e. The Balaban J connectivity index is 2.34. The Hall–Kier alpha value is -1.87. The van der Waals surface area contributed by atoms with E-state index in [0.717, 1.165) is 16.8 Å². The summed E-state index contributed by atoms with van der Waals surface area (Å²) in [6.07, 6.45) is -0.644. The van der Waals surface area contributed by atoms with Crippen molar-refractivity contribution in [3.8, 4) is 5.88 Å². The Morgan fingerprint density at radius 3 is 2.41 bits per heavy atom. The van der Waals surface area contributed by atoms with Crippen molar-refractivity contribution >= 4 is 0 Å². The number of nitrogens with zero attached hydrogens (tertiary/aromatic N) is 1. The van der Waals surface area contributed by atoms with Crippen LogP contribution in [0.5, 0.6) is 5.88 Å². The first kappa shape index (κ1) is 11.6. The number of pyridine rings is 1. The van der Waals surface area contributed by atoms with Gasteiger partial charge >= 0.3 is 0 Å². The molecule has 0 aliphatic rings. The van der Waals surface area contributed by atoms with Gasteiger partial charge in [0, 0.05) is 17.3 Å².